The molecule has 19 heavy (non-hydrogen) atoms. The number of hydrogen-bond acceptors (Lipinski definition) is 3. The molecule has 0 bridgehead atoms. The molecule has 0 spiro atoms. The molecule has 5 heteroatoms. The number of aromatic amines is 1. The number of nitrogens with two attached hydrogens (primary N) is 1. The molecule has 5 nitrogen and oxygen atoms in total. The molecule has 0 aliphatic heterocycles. The van der Waals surface area contributed by atoms with Gasteiger partial charge in [0.25, 0.3) is 5.91 Å². The third kappa shape index (κ3) is 2.10. The zero-order chi connectivity index (χ0) is 13.4. The van der Waals surface area contributed by atoms with Crippen LogP contribution in [-0.4, -0.2) is 20.7 Å². The van der Waals surface area contributed by atoms with Crippen molar-refractivity contribution in [2.75, 3.05) is 5.73 Å². The molecule has 96 valence electrons. The minimum absolute atomic E-state index is 0.0567. The third-order valence-corrected chi connectivity index (χ3v) is 3.07. The van der Waals surface area contributed by atoms with Gasteiger partial charge in [0.1, 0.15) is 0 Å². The van der Waals surface area contributed by atoms with E-state index in [4.69, 9.17) is 5.73 Å². The largest absolute Gasteiger partial charge is 0.399 e. The van der Waals surface area contributed by atoms with Crippen molar-refractivity contribution >= 4 is 22.5 Å². The van der Waals surface area contributed by atoms with Gasteiger partial charge in [-0.1, -0.05) is 0 Å². The minimum Gasteiger partial charge on any atom is -0.399 e. The van der Waals surface area contributed by atoms with E-state index in [9.17, 15) is 4.79 Å². The topological polar surface area (TPSA) is 76.7 Å². The maximum atomic E-state index is 12.2. The number of nitrogen functional groups attached to an aromatic ring is 1. The maximum Gasteiger partial charge on any atom is 0.251 e. The van der Waals surface area contributed by atoms with Crippen LogP contribution in [0, 0.1) is 6.92 Å². The van der Waals surface area contributed by atoms with E-state index >= 15 is 0 Å². The fourth-order valence-electron chi connectivity index (χ4n) is 2.17. The normalized spacial score (nSPS) is 11.0. The highest BCUT2D eigenvalue weighted by Gasteiger charge is 2.12. The first kappa shape index (κ1) is 11.5. The molecule has 2 aromatic heterocycles. The number of benzene rings is 1. The van der Waals surface area contributed by atoms with Crippen LogP contribution in [0.25, 0.3) is 10.9 Å². The molecule has 2 heterocycles. The molecule has 3 aromatic rings. The monoisotopic (exact) mass is 254 g/mol. The van der Waals surface area contributed by atoms with E-state index < -0.39 is 0 Å². The molecule has 0 aliphatic rings. The molecule has 1 aromatic carbocycles. The van der Waals surface area contributed by atoms with E-state index in [0.717, 1.165) is 22.2 Å². The predicted molar refractivity (Wildman–Crippen MR) is 74.0 cm³/mol. The van der Waals surface area contributed by atoms with Crippen molar-refractivity contribution in [1.82, 2.24) is 14.8 Å². The first-order valence-electron chi connectivity index (χ1n) is 6.04. The van der Waals surface area contributed by atoms with Crippen LogP contribution in [0.1, 0.15) is 16.1 Å². The first-order chi connectivity index (χ1) is 9.13. The highest BCUT2D eigenvalue weighted by atomic mass is 16.2. The molecular weight excluding hydrogens is 240 g/mol. The molecule has 3 rings (SSSR count). The number of aryl methyl sites for hydroxylation is 1. The number of rotatable bonds is 2. The summed E-state index contributed by atoms with van der Waals surface area (Å²) < 4.78 is 1.43. The Morgan fingerprint density at radius 2 is 2.26 bits per heavy atom. The van der Waals surface area contributed by atoms with Gasteiger partial charge in [0.2, 0.25) is 0 Å². The summed E-state index contributed by atoms with van der Waals surface area (Å²) in [5.41, 5.74) is 9.16. The number of hydrogen-bond donors (Lipinski definition) is 2. The second kappa shape index (κ2) is 4.28. The Kier molecular flexibility index (Phi) is 2.59. The van der Waals surface area contributed by atoms with Gasteiger partial charge in [-0.05, 0) is 36.8 Å². The number of anilines is 1. The van der Waals surface area contributed by atoms with E-state index in [-0.39, 0.29) is 5.91 Å². The van der Waals surface area contributed by atoms with Crippen LogP contribution in [0.2, 0.25) is 0 Å². The molecule has 0 fully saturated rings. The van der Waals surface area contributed by atoms with E-state index in [1.165, 1.54) is 4.68 Å². The van der Waals surface area contributed by atoms with Gasteiger partial charge in [-0.15, -0.1) is 0 Å². The number of fused-ring (bicyclic) bond motifs is 1. The number of nitrogens with zero attached hydrogens (tertiary/aromatic N) is 2. The maximum absolute atomic E-state index is 12.2. The smallest absolute Gasteiger partial charge is 0.251 e. The van der Waals surface area contributed by atoms with E-state index in [0.29, 0.717) is 12.1 Å². The highest BCUT2D eigenvalue weighted by molar-refractivity contribution is 5.92. The summed E-state index contributed by atoms with van der Waals surface area (Å²) in [6.07, 6.45) is 3.83. The predicted octanol–water partition coefficient (Wildman–Crippen LogP) is 2.14. The number of aromatic nitrogens is 3. The van der Waals surface area contributed by atoms with Crippen molar-refractivity contribution in [1.29, 1.82) is 0 Å². The lowest BCUT2D eigenvalue weighted by Gasteiger charge is -2.01. The van der Waals surface area contributed by atoms with Gasteiger partial charge in [0.15, 0.2) is 0 Å². The summed E-state index contributed by atoms with van der Waals surface area (Å²) in [6, 6.07) is 7.36. The molecule has 0 radical (unpaired) electrons. The lowest BCUT2D eigenvalue weighted by atomic mass is 10.2. The number of carbonyl (C=O) groups is 1. The van der Waals surface area contributed by atoms with Crippen molar-refractivity contribution in [3.05, 3.63) is 47.9 Å². The second-order valence-corrected chi connectivity index (χ2v) is 4.64. The van der Waals surface area contributed by atoms with Crippen LogP contribution >= 0.6 is 0 Å². The van der Waals surface area contributed by atoms with Crippen LogP contribution in [0.5, 0.6) is 0 Å². The Hall–Kier alpha value is -2.56. The van der Waals surface area contributed by atoms with Crippen molar-refractivity contribution < 1.29 is 4.79 Å². The van der Waals surface area contributed by atoms with Crippen molar-refractivity contribution in [3.8, 4) is 0 Å². The van der Waals surface area contributed by atoms with Gasteiger partial charge < -0.3 is 10.7 Å². The minimum atomic E-state index is -0.0567. The molecule has 0 amide bonds. The van der Waals surface area contributed by atoms with E-state index in [2.05, 4.69) is 10.1 Å². The van der Waals surface area contributed by atoms with Gasteiger partial charge in [0, 0.05) is 23.0 Å². The lowest BCUT2D eigenvalue weighted by Crippen LogP contribution is -2.14. The zero-order valence-electron chi connectivity index (χ0n) is 10.6. The SMILES string of the molecule is Cc1cc(CC(=O)n2ncc3cc(N)ccc32)c[nH]1. The summed E-state index contributed by atoms with van der Waals surface area (Å²) >= 11 is 0. The number of H-pyrrole nitrogens is 1. The van der Waals surface area contributed by atoms with Crippen LogP contribution in [0.4, 0.5) is 5.69 Å². The van der Waals surface area contributed by atoms with E-state index in [1.54, 1.807) is 12.3 Å². The molecule has 0 atom stereocenters. The highest BCUT2D eigenvalue weighted by Crippen LogP contribution is 2.17. The molecule has 0 saturated heterocycles. The lowest BCUT2D eigenvalue weighted by molar-refractivity contribution is 0.0904. The van der Waals surface area contributed by atoms with Gasteiger partial charge >= 0.3 is 0 Å². The summed E-state index contributed by atoms with van der Waals surface area (Å²) in [6.45, 7) is 1.96. The van der Waals surface area contributed by atoms with Gasteiger partial charge in [0.05, 0.1) is 18.1 Å². The van der Waals surface area contributed by atoms with Crippen LogP contribution in [0.3, 0.4) is 0 Å². The van der Waals surface area contributed by atoms with Gasteiger partial charge in [-0.25, -0.2) is 0 Å². The van der Waals surface area contributed by atoms with E-state index in [1.807, 2.05) is 31.3 Å². The van der Waals surface area contributed by atoms with Gasteiger partial charge in [-0.3, -0.25) is 4.79 Å². The molecule has 0 unspecified atom stereocenters. The fourth-order valence-corrected chi connectivity index (χ4v) is 2.17. The average molecular weight is 254 g/mol. The quantitative estimate of drug-likeness (QED) is 0.688. The van der Waals surface area contributed by atoms with Crippen molar-refractivity contribution in [2.24, 2.45) is 0 Å². The van der Waals surface area contributed by atoms with Gasteiger partial charge in [-0.2, -0.15) is 9.78 Å². The Bertz CT molecular complexity index is 754. The first-order valence-corrected chi connectivity index (χ1v) is 6.04. The Balaban J connectivity index is 1.93. The number of carbonyl (C=O) groups excluding carboxylic acids is 1. The summed E-state index contributed by atoms with van der Waals surface area (Å²) in [5.74, 6) is -0.0567. The average Bonchev–Trinajstić information content (AvgIpc) is 2.95. The zero-order valence-corrected chi connectivity index (χ0v) is 10.6. The van der Waals surface area contributed by atoms with Crippen LogP contribution < -0.4 is 5.73 Å². The molecule has 0 saturated carbocycles. The van der Waals surface area contributed by atoms with Crippen LogP contribution in [-0.2, 0) is 6.42 Å². The summed E-state index contributed by atoms with van der Waals surface area (Å²) in [5, 5.41) is 5.01. The summed E-state index contributed by atoms with van der Waals surface area (Å²) in [7, 11) is 0. The Morgan fingerprint density at radius 3 is 3.00 bits per heavy atom. The number of nitrogens with one attached hydrogen (secondary N) is 1. The molecule has 3 N–H and O–H groups in total. The second-order valence-electron chi connectivity index (χ2n) is 4.64. The third-order valence-electron chi connectivity index (χ3n) is 3.07. The Morgan fingerprint density at radius 1 is 1.42 bits per heavy atom. The standard InChI is InChI=1S/C14H14N4O/c1-9-4-10(7-16-9)5-14(19)18-13-3-2-12(15)6-11(13)8-17-18/h2-4,6-8,16H,5,15H2,1H3. The fraction of sp³-hybridized carbons (Fsp3) is 0.143. The van der Waals surface area contributed by atoms with Crippen molar-refractivity contribution in [3.63, 3.8) is 0 Å². The van der Waals surface area contributed by atoms with Crippen LogP contribution in [0.15, 0.2) is 36.7 Å². The summed E-state index contributed by atoms with van der Waals surface area (Å²) in [4.78, 5) is 15.3. The Labute approximate surface area is 110 Å². The molecule has 0 aliphatic carbocycles. The molecular formula is C14H14N4O. The van der Waals surface area contributed by atoms with Crippen molar-refractivity contribution in [2.45, 2.75) is 13.3 Å².